The smallest absolute Gasteiger partial charge is 0.275 e. The number of anilines is 1. The van der Waals surface area contributed by atoms with E-state index in [-0.39, 0.29) is 53.1 Å². The molecule has 1 amide bonds. The van der Waals surface area contributed by atoms with Crippen molar-refractivity contribution in [1.82, 2.24) is 9.97 Å². The quantitative estimate of drug-likeness (QED) is 0.648. The second kappa shape index (κ2) is 8.50. The third kappa shape index (κ3) is 4.02. The van der Waals surface area contributed by atoms with Crippen LogP contribution in [0.15, 0.2) is 35.6 Å². The lowest BCUT2D eigenvalue weighted by atomic mass is 9.79. The van der Waals surface area contributed by atoms with Crippen LogP contribution in [0.5, 0.6) is 5.88 Å². The number of alkyl halides is 1. The van der Waals surface area contributed by atoms with E-state index in [0.29, 0.717) is 6.61 Å². The number of ether oxygens (including phenoxy) is 3. The molecular weight excluding hydrogens is 456 g/mol. The molecule has 174 valence electrons. The van der Waals surface area contributed by atoms with Crippen molar-refractivity contribution < 1.29 is 27.8 Å². The number of aliphatic imine (C=N–C) groups is 1. The van der Waals surface area contributed by atoms with Gasteiger partial charge in [0.15, 0.2) is 16.4 Å². The Hall–Kier alpha value is -2.83. The highest BCUT2D eigenvalue weighted by Crippen LogP contribution is 2.50. The number of hydrogen-bond donors (Lipinski definition) is 2. The molecule has 0 bridgehead atoms. The van der Waals surface area contributed by atoms with Gasteiger partial charge in [0.1, 0.15) is 18.1 Å². The fourth-order valence-corrected chi connectivity index (χ4v) is 4.83. The van der Waals surface area contributed by atoms with Crippen LogP contribution in [0.1, 0.15) is 22.5 Å². The molecule has 3 N–H and O–H groups in total. The number of nitrogens with zero attached hydrogens (tertiary/aromatic N) is 3. The number of thioether (sulfide) groups is 1. The van der Waals surface area contributed by atoms with Crippen molar-refractivity contribution in [3.05, 3.63) is 47.7 Å². The summed E-state index contributed by atoms with van der Waals surface area (Å²) in [6.07, 6.45) is 3.60. The van der Waals surface area contributed by atoms with Gasteiger partial charge in [-0.15, -0.1) is 0 Å². The molecule has 3 aliphatic rings. The van der Waals surface area contributed by atoms with Crippen molar-refractivity contribution in [3.8, 4) is 5.88 Å². The van der Waals surface area contributed by atoms with E-state index in [4.69, 9.17) is 19.9 Å². The summed E-state index contributed by atoms with van der Waals surface area (Å²) in [5.74, 6) is -0.963. The van der Waals surface area contributed by atoms with Crippen molar-refractivity contribution in [2.24, 2.45) is 10.7 Å². The monoisotopic (exact) mass is 477 g/mol. The lowest BCUT2D eigenvalue weighted by molar-refractivity contribution is -0.0727. The van der Waals surface area contributed by atoms with Gasteiger partial charge in [0.05, 0.1) is 31.7 Å². The number of nitrogens with one attached hydrogen (secondary N) is 1. The SMILES string of the molecule is NC1=NC2(c3cc(NC(=O)c4cnc(OCC5CCO5)cn4)ccc3F)COCC2(F)CS1. The zero-order valence-electron chi connectivity index (χ0n) is 17.4. The molecule has 2 saturated heterocycles. The van der Waals surface area contributed by atoms with E-state index in [2.05, 4.69) is 20.3 Å². The Morgan fingerprint density at radius 3 is 2.91 bits per heavy atom. The molecule has 12 heteroatoms. The Morgan fingerprint density at radius 2 is 2.18 bits per heavy atom. The fraction of sp³-hybridized carbons (Fsp3) is 0.429. The lowest BCUT2D eigenvalue weighted by Gasteiger charge is -2.38. The number of rotatable bonds is 6. The Labute approximate surface area is 192 Å². The third-order valence-corrected chi connectivity index (χ3v) is 6.86. The minimum Gasteiger partial charge on any atom is -0.474 e. The summed E-state index contributed by atoms with van der Waals surface area (Å²) in [7, 11) is 0. The van der Waals surface area contributed by atoms with Gasteiger partial charge >= 0.3 is 0 Å². The maximum Gasteiger partial charge on any atom is 0.275 e. The van der Waals surface area contributed by atoms with E-state index in [0.717, 1.165) is 30.9 Å². The molecule has 9 nitrogen and oxygen atoms in total. The number of nitrogens with two attached hydrogens (primary N) is 1. The van der Waals surface area contributed by atoms with Gasteiger partial charge < -0.3 is 25.3 Å². The molecule has 1 aromatic carbocycles. The van der Waals surface area contributed by atoms with Gasteiger partial charge in [-0.3, -0.25) is 4.79 Å². The van der Waals surface area contributed by atoms with Gasteiger partial charge in [-0.2, -0.15) is 0 Å². The van der Waals surface area contributed by atoms with Gasteiger partial charge in [-0.05, 0) is 18.2 Å². The number of halogens is 2. The first-order valence-corrected chi connectivity index (χ1v) is 11.3. The Balaban J connectivity index is 1.34. The van der Waals surface area contributed by atoms with Gasteiger partial charge in [0.2, 0.25) is 5.88 Å². The Bertz CT molecular complexity index is 1100. The third-order valence-electron chi connectivity index (χ3n) is 5.87. The standard InChI is InChI=1S/C21H21F2N5O4S/c22-15-2-1-12(5-14(15)21-10-30-9-20(21,23)11-33-19(24)28-21)27-18(29)16-6-26-17(7-25-16)32-8-13-3-4-31-13/h1-2,5-7,13H,3-4,8-11H2,(H2,24,28)(H,27,29). The average molecular weight is 477 g/mol. The summed E-state index contributed by atoms with van der Waals surface area (Å²) >= 11 is 1.06. The number of amides is 1. The number of benzene rings is 1. The molecule has 0 radical (unpaired) electrons. The molecule has 2 aromatic rings. The molecule has 3 atom stereocenters. The number of amidine groups is 1. The number of aromatic nitrogens is 2. The van der Waals surface area contributed by atoms with Gasteiger partial charge in [-0.1, -0.05) is 11.8 Å². The second-order valence-corrected chi connectivity index (χ2v) is 9.03. The van der Waals surface area contributed by atoms with Crippen molar-refractivity contribution >= 4 is 28.5 Å². The Kier molecular flexibility index (Phi) is 5.67. The molecule has 0 saturated carbocycles. The minimum absolute atomic E-state index is 0.00472. The minimum atomic E-state index is -1.92. The average Bonchev–Trinajstić information content (AvgIpc) is 3.11. The van der Waals surface area contributed by atoms with Crippen LogP contribution >= 0.6 is 11.8 Å². The molecule has 2 fully saturated rings. The number of fused-ring (bicyclic) bond motifs is 1. The zero-order valence-corrected chi connectivity index (χ0v) is 18.2. The highest BCUT2D eigenvalue weighted by molar-refractivity contribution is 8.13. The van der Waals surface area contributed by atoms with Crippen LogP contribution < -0.4 is 15.8 Å². The van der Waals surface area contributed by atoms with Gasteiger partial charge in [0.25, 0.3) is 5.91 Å². The molecule has 33 heavy (non-hydrogen) atoms. The highest BCUT2D eigenvalue weighted by atomic mass is 32.2. The van der Waals surface area contributed by atoms with E-state index in [1.54, 1.807) is 0 Å². The van der Waals surface area contributed by atoms with Crippen LogP contribution in [-0.4, -0.2) is 65.0 Å². The Morgan fingerprint density at radius 1 is 1.33 bits per heavy atom. The molecule has 0 aliphatic carbocycles. The maximum absolute atomic E-state index is 15.7. The molecule has 4 heterocycles. The van der Waals surface area contributed by atoms with Crippen LogP contribution in [-0.2, 0) is 15.0 Å². The van der Waals surface area contributed by atoms with Crippen LogP contribution in [0.4, 0.5) is 14.5 Å². The second-order valence-electron chi connectivity index (χ2n) is 8.04. The molecule has 5 rings (SSSR count). The van der Waals surface area contributed by atoms with Crippen LogP contribution in [0.3, 0.4) is 0 Å². The largest absolute Gasteiger partial charge is 0.474 e. The number of carbonyl (C=O) groups excluding carboxylic acids is 1. The highest BCUT2D eigenvalue weighted by Gasteiger charge is 2.61. The molecular formula is C21H21F2N5O4S. The summed E-state index contributed by atoms with van der Waals surface area (Å²) in [5, 5.41) is 2.79. The van der Waals surface area contributed by atoms with Gasteiger partial charge in [0, 0.05) is 30.0 Å². The van der Waals surface area contributed by atoms with Crippen LogP contribution in [0.25, 0.3) is 0 Å². The first kappa shape index (κ1) is 22.0. The van der Waals surface area contributed by atoms with E-state index in [9.17, 15) is 9.18 Å². The molecule has 0 spiro atoms. The van der Waals surface area contributed by atoms with Crippen molar-refractivity contribution in [3.63, 3.8) is 0 Å². The summed E-state index contributed by atoms with van der Waals surface area (Å²) in [5.41, 5.74) is 2.56. The van der Waals surface area contributed by atoms with E-state index < -0.39 is 22.9 Å². The predicted octanol–water partition coefficient (Wildman–Crippen LogP) is 2.03. The summed E-state index contributed by atoms with van der Waals surface area (Å²) < 4.78 is 46.6. The molecule has 1 aromatic heterocycles. The normalized spacial score (nSPS) is 28.4. The topological polar surface area (TPSA) is 121 Å². The lowest BCUT2D eigenvalue weighted by Crippen LogP contribution is -2.52. The van der Waals surface area contributed by atoms with E-state index in [1.807, 2.05) is 0 Å². The van der Waals surface area contributed by atoms with E-state index in [1.165, 1.54) is 24.5 Å². The van der Waals surface area contributed by atoms with Crippen molar-refractivity contribution in [2.75, 3.05) is 37.5 Å². The molecule has 3 unspecified atom stereocenters. The van der Waals surface area contributed by atoms with Crippen LogP contribution in [0.2, 0.25) is 0 Å². The number of carbonyl (C=O) groups is 1. The summed E-state index contributed by atoms with van der Waals surface area (Å²) in [4.78, 5) is 25.0. The fourth-order valence-electron chi connectivity index (χ4n) is 3.91. The summed E-state index contributed by atoms with van der Waals surface area (Å²) in [6.45, 7) is 0.719. The van der Waals surface area contributed by atoms with Gasteiger partial charge in [-0.25, -0.2) is 23.7 Å². The molecule has 3 aliphatic heterocycles. The first-order chi connectivity index (χ1) is 15.9. The van der Waals surface area contributed by atoms with E-state index >= 15 is 4.39 Å². The van der Waals surface area contributed by atoms with Crippen LogP contribution in [0, 0.1) is 5.82 Å². The first-order valence-electron chi connectivity index (χ1n) is 10.3. The summed E-state index contributed by atoms with van der Waals surface area (Å²) in [6, 6.07) is 3.88. The van der Waals surface area contributed by atoms with Crippen molar-refractivity contribution in [1.29, 1.82) is 0 Å². The number of hydrogen-bond acceptors (Lipinski definition) is 9. The predicted molar refractivity (Wildman–Crippen MR) is 117 cm³/mol. The zero-order chi connectivity index (χ0) is 23.1. The maximum atomic E-state index is 15.7. The van der Waals surface area contributed by atoms with Crippen molar-refractivity contribution in [2.45, 2.75) is 23.7 Å².